The summed E-state index contributed by atoms with van der Waals surface area (Å²) in [5.41, 5.74) is 2.70. The lowest BCUT2D eigenvalue weighted by atomic mass is 10.1. The maximum atomic E-state index is 12.6. The quantitative estimate of drug-likeness (QED) is 0.658. The van der Waals surface area contributed by atoms with Gasteiger partial charge >= 0.3 is 0 Å². The first-order chi connectivity index (χ1) is 14.1. The highest BCUT2D eigenvalue weighted by atomic mass is 16.5. The summed E-state index contributed by atoms with van der Waals surface area (Å²) in [5, 5.41) is 4.08. The first-order valence-corrected chi connectivity index (χ1v) is 9.53. The molecular weight excluding hydrogens is 370 g/mol. The van der Waals surface area contributed by atoms with Crippen LogP contribution in [0, 0.1) is 6.92 Å². The van der Waals surface area contributed by atoms with Crippen molar-refractivity contribution < 1.29 is 14.1 Å². The molecule has 0 spiro atoms. The first kappa shape index (κ1) is 19.1. The van der Waals surface area contributed by atoms with Gasteiger partial charge in [0.25, 0.3) is 5.91 Å². The van der Waals surface area contributed by atoms with E-state index in [0.717, 1.165) is 18.7 Å². The maximum absolute atomic E-state index is 12.6. The third-order valence-corrected chi connectivity index (χ3v) is 4.99. The molecule has 0 bridgehead atoms. The Bertz CT molecular complexity index is 961. The molecule has 1 fully saturated rings. The number of aromatic nitrogens is 3. The Morgan fingerprint density at radius 2 is 1.86 bits per heavy atom. The van der Waals surface area contributed by atoms with Crippen LogP contribution < -0.4 is 4.74 Å². The standard InChI is InChI=1S/C21H23N5O3/c1-15-3-5-16(6-4-15)20-23-19(29-24-20)14-25-9-11-26(12-10-25)21(27)17-7-8-18(28-2)22-13-17/h3-8,13H,9-12,14H2,1-2H3. The van der Waals surface area contributed by atoms with Crippen LogP contribution in [-0.2, 0) is 6.54 Å². The second-order valence-corrected chi connectivity index (χ2v) is 7.04. The molecule has 3 aromatic rings. The lowest BCUT2D eigenvalue weighted by Crippen LogP contribution is -2.48. The van der Waals surface area contributed by atoms with E-state index in [1.807, 2.05) is 36.1 Å². The van der Waals surface area contributed by atoms with E-state index in [-0.39, 0.29) is 5.91 Å². The summed E-state index contributed by atoms with van der Waals surface area (Å²) in [6.07, 6.45) is 1.55. The van der Waals surface area contributed by atoms with Crippen molar-refractivity contribution in [1.82, 2.24) is 24.9 Å². The van der Waals surface area contributed by atoms with Gasteiger partial charge in [0.2, 0.25) is 17.6 Å². The van der Waals surface area contributed by atoms with Crippen molar-refractivity contribution in [3.05, 3.63) is 59.6 Å². The number of amides is 1. The van der Waals surface area contributed by atoms with E-state index in [0.29, 0.717) is 42.8 Å². The number of hydrogen-bond donors (Lipinski definition) is 0. The molecule has 8 nitrogen and oxygen atoms in total. The van der Waals surface area contributed by atoms with Gasteiger partial charge in [-0.15, -0.1) is 0 Å². The zero-order chi connectivity index (χ0) is 20.2. The smallest absolute Gasteiger partial charge is 0.255 e. The average molecular weight is 393 g/mol. The Morgan fingerprint density at radius 1 is 1.10 bits per heavy atom. The predicted octanol–water partition coefficient (Wildman–Crippen LogP) is 2.41. The van der Waals surface area contributed by atoms with Crippen LogP contribution in [0.2, 0.25) is 0 Å². The number of hydrogen-bond acceptors (Lipinski definition) is 7. The molecule has 4 rings (SSSR count). The van der Waals surface area contributed by atoms with E-state index in [9.17, 15) is 4.79 Å². The molecule has 2 aromatic heterocycles. The van der Waals surface area contributed by atoms with Crippen molar-refractivity contribution in [2.24, 2.45) is 0 Å². The number of methoxy groups -OCH3 is 1. The third-order valence-electron chi connectivity index (χ3n) is 4.99. The molecule has 8 heteroatoms. The van der Waals surface area contributed by atoms with E-state index in [2.05, 4.69) is 20.0 Å². The summed E-state index contributed by atoms with van der Waals surface area (Å²) in [5.74, 6) is 1.66. The summed E-state index contributed by atoms with van der Waals surface area (Å²) in [7, 11) is 1.55. The number of nitrogens with zero attached hydrogens (tertiary/aromatic N) is 5. The molecule has 1 saturated heterocycles. The second-order valence-electron chi connectivity index (χ2n) is 7.04. The molecule has 150 valence electrons. The number of aryl methyl sites for hydroxylation is 1. The number of rotatable bonds is 5. The lowest BCUT2D eigenvalue weighted by Gasteiger charge is -2.33. The minimum absolute atomic E-state index is 0.0146. The topological polar surface area (TPSA) is 84.6 Å². The van der Waals surface area contributed by atoms with Crippen LogP contribution in [0.25, 0.3) is 11.4 Å². The molecule has 1 amide bonds. The molecule has 1 aliphatic heterocycles. The zero-order valence-corrected chi connectivity index (χ0v) is 16.5. The summed E-state index contributed by atoms with van der Waals surface area (Å²) in [6.45, 7) is 5.40. The number of carbonyl (C=O) groups excluding carboxylic acids is 1. The number of ether oxygens (including phenoxy) is 1. The zero-order valence-electron chi connectivity index (χ0n) is 16.5. The van der Waals surface area contributed by atoms with Crippen LogP contribution in [0.3, 0.4) is 0 Å². The molecule has 1 aromatic carbocycles. The minimum atomic E-state index is -0.0146. The van der Waals surface area contributed by atoms with Gasteiger partial charge in [0.15, 0.2) is 0 Å². The highest BCUT2D eigenvalue weighted by Crippen LogP contribution is 2.18. The van der Waals surface area contributed by atoms with Crippen molar-refractivity contribution in [3.8, 4) is 17.3 Å². The lowest BCUT2D eigenvalue weighted by molar-refractivity contribution is 0.0614. The molecule has 0 N–H and O–H groups in total. The first-order valence-electron chi connectivity index (χ1n) is 9.53. The van der Waals surface area contributed by atoms with Gasteiger partial charge in [0.05, 0.1) is 19.2 Å². The average Bonchev–Trinajstić information content (AvgIpc) is 3.23. The summed E-state index contributed by atoms with van der Waals surface area (Å²) in [4.78, 5) is 25.3. The number of carbonyl (C=O) groups is 1. The molecule has 0 aliphatic carbocycles. The van der Waals surface area contributed by atoms with Crippen LogP contribution in [0.1, 0.15) is 21.8 Å². The number of pyridine rings is 1. The van der Waals surface area contributed by atoms with Crippen LogP contribution in [0.15, 0.2) is 47.1 Å². The maximum Gasteiger partial charge on any atom is 0.255 e. The van der Waals surface area contributed by atoms with E-state index in [4.69, 9.17) is 9.26 Å². The van der Waals surface area contributed by atoms with Crippen molar-refractivity contribution >= 4 is 5.91 Å². The van der Waals surface area contributed by atoms with Crippen LogP contribution in [0.5, 0.6) is 5.88 Å². The van der Waals surface area contributed by atoms with Crippen molar-refractivity contribution in [2.45, 2.75) is 13.5 Å². The third kappa shape index (κ3) is 4.43. The Hall–Kier alpha value is -3.26. The molecule has 29 heavy (non-hydrogen) atoms. The van der Waals surface area contributed by atoms with Crippen LogP contribution >= 0.6 is 0 Å². The highest BCUT2D eigenvalue weighted by Gasteiger charge is 2.23. The second kappa shape index (κ2) is 8.40. The SMILES string of the molecule is COc1ccc(C(=O)N2CCN(Cc3nc(-c4ccc(C)cc4)no3)CC2)cn1. The van der Waals surface area contributed by atoms with E-state index in [1.165, 1.54) is 5.56 Å². The highest BCUT2D eigenvalue weighted by molar-refractivity contribution is 5.94. The Labute approximate surface area is 169 Å². The van der Waals surface area contributed by atoms with Gasteiger partial charge in [-0.05, 0) is 13.0 Å². The van der Waals surface area contributed by atoms with Crippen molar-refractivity contribution in [1.29, 1.82) is 0 Å². The Kier molecular flexibility index (Phi) is 5.53. The van der Waals surface area contributed by atoms with Gasteiger partial charge < -0.3 is 14.2 Å². The predicted molar refractivity (Wildman–Crippen MR) is 106 cm³/mol. The van der Waals surface area contributed by atoms with E-state index in [1.54, 1.807) is 25.4 Å². The minimum Gasteiger partial charge on any atom is -0.481 e. The fourth-order valence-electron chi connectivity index (χ4n) is 3.25. The van der Waals surface area contributed by atoms with Gasteiger partial charge in [-0.2, -0.15) is 4.98 Å². The molecule has 0 saturated carbocycles. The van der Waals surface area contributed by atoms with Gasteiger partial charge in [-0.1, -0.05) is 35.0 Å². The van der Waals surface area contributed by atoms with E-state index < -0.39 is 0 Å². The van der Waals surface area contributed by atoms with Gasteiger partial charge in [-0.3, -0.25) is 9.69 Å². The largest absolute Gasteiger partial charge is 0.481 e. The molecule has 1 aliphatic rings. The normalized spacial score (nSPS) is 14.8. The molecule has 0 radical (unpaired) electrons. The van der Waals surface area contributed by atoms with Crippen LogP contribution in [-0.4, -0.2) is 64.1 Å². The summed E-state index contributed by atoms with van der Waals surface area (Å²) < 4.78 is 10.5. The monoisotopic (exact) mass is 393 g/mol. The Morgan fingerprint density at radius 3 is 2.52 bits per heavy atom. The Balaban J connectivity index is 1.32. The number of piperazine rings is 1. The van der Waals surface area contributed by atoms with Crippen molar-refractivity contribution in [2.75, 3.05) is 33.3 Å². The molecule has 3 heterocycles. The molecular formula is C21H23N5O3. The van der Waals surface area contributed by atoms with E-state index >= 15 is 0 Å². The summed E-state index contributed by atoms with van der Waals surface area (Å²) >= 11 is 0. The van der Waals surface area contributed by atoms with Crippen LogP contribution in [0.4, 0.5) is 0 Å². The fourth-order valence-corrected chi connectivity index (χ4v) is 3.25. The van der Waals surface area contributed by atoms with Crippen molar-refractivity contribution in [3.63, 3.8) is 0 Å². The van der Waals surface area contributed by atoms with Gasteiger partial charge in [0.1, 0.15) is 0 Å². The fraction of sp³-hybridized carbons (Fsp3) is 0.333. The summed E-state index contributed by atoms with van der Waals surface area (Å²) in [6, 6.07) is 11.5. The molecule has 0 unspecified atom stereocenters. The molecule has 0 atom stereocenters. The number of benzene rings is 1. The van der Waals surface area contributed by atoms with Gasteiger partial charge in [-0.25, -0.2) is 4.98 Å². The van der Waals surface area contributed by atoms with Gasteiger partial charge in [0, 0.05) is 44.0 Å².